The largest absolute Gasteiger partial charge is 0.456 e. The molecule has 0 fully saturated rings. The molecule has 0 unspecified atom stereocenters. The highest BCUT2D eigenvalue weighted by molar-refractivity contribution is 6.22. The molecule has 206 valence electrons. The molecule has 0 saturated heterocycles. The van der Waals surface area contributed by atoms with E-state index < -0.39 is 0 Å². The second-order valence-corrected chi connectivity index (χ2v) is 11.4. The maximum atomic E-state index is 6.51. The summed E-state index contributed by atoms with van der Waals surface area (Å²) < 4.78 is 6.51. The van der Waals surface area contributed by atoms with Crippen LogP contribution in [-0.4, -0.2) is 0 Å². The third-order valence-corrected chi connectivity index (χ3v) is 8.80. The zero-order valence-electron chi connectivity index (χ0n) is 23.9. The number of anilines is 3. The Morgan fingerprint density at radius 1 is 0.364 bits per heavy atom. The molecule has 1 heterocycles. The Bertz CT molecular complexity index is 2510. The standard InChI is InChI=1S/C42H27NO/c1-2-11-28(12-3-1)30-14-10-15-32(25-30)43(33-23-24-35-31(26-33)22-21-29-13-4-5-16-34(29)35)39-27-41-42(37-18-7-6-17-36(37)39)38-19-8-9-20-40(38)44-41/h1-27H. The Balaban J connectivity index is 1.35. The van der Waals surface area contributed by atoms with Crippen LogP contribution in [-0.2, 0) is 0 Å². The maximum absolute atomic E-state index is 6.51. The quantitative estimate of drug-likeness (QED) is 0.199. The lowest BCUT2D eigenvalue weighted by Gasteiger charge is -2.28. The average molecular weight is 562 g/mol. The van der Waals surface area contributed by atoms with Gasteiger partial charge in [-0.2, -0.15) is 0 Å². The fourth-order valence-electron chi connectivity index (χ4n) is 6.78. The molecule has 8 aromatic carbocycles. The summed E-state index contributed by atoms with van der Waals surface area (Å²) in [7, 11) is 0. The second kappa shape index (κ2) is 9.86. The summed E-state index contributed by atoms with van der Waals surface area (Å²) in [6.45, 7) is 0. The van der Waals surface area contributed by atoms with E-state index in [9.17, 15) is 0 Å². The summed E-state index contributed by atoms with van der Waals surface area (Å²) in [6, 6.07) is 58.6. The second-order valence-electron chi connectivity index (χ2n) is 11.4. The molecule has 0 amide bonds. The number of fused-ring (bicyclic) bond motifs is 8. The summed E-state index contributed by atoms with van der Waals surface area (Å²) in [6.07, 6.45) is 0. The van der Waals surface area contributed by atoms with Gasteiger partial charge >= 0.3 is 0 Å². The fourth-order valence-corrected chi connectivity index (χ4v) is 6.78. The van der Waals surface area contributed by atoms with E-state index in [1.54, 1.807) is 0 Å². The van der Waals surface area contributed by atoms with Gasteiger partial charge in [-0.05, 0) is 68.4 Å². The predicted molar refractivity (Wildman–Crippen MR) is 186 cm³/mol. The van der Waals surface area contributed by atoms with Crippen molar-refractivity contribution in [2.75, 3.05) is 4.90 Å². The molecule has 2 heteroatoms. The Kier molecular flexibility index (Phi) is 5.54. The van der Waals surface area contributed by atoms with Crippen molar-refractivity contribution in [3.63, 3.8) is 0 Å². The first-order valence-corrected chi connectivity index (χ1v) is 15.0. The summed E-state index contributed by atoms with van der Waals surface area (Å²) in [5.74, 6) is 0. The number of hydrogen-bond donors (Lipinski definition) is 0. The maximum Gasteiger partial charge on any atom is 0.138 e. The number of furan rings is 1. The van der Waals surface area contributed by atoms with Crippen LogP contribution < -0.4 is 4.90 Å². The number of benzene rings is 8. The highest BCUT2D eigenvalue weighted by Gasteiger charge is 2.21. The molecular weight excluding hydrogens is 534 g/mol. The van der Waals surface area contributed by atoms with Gasteiger partial charge in [0.2, 0.25) is 0 Å². The first kappa shape index (κ1) is 24.7. The van der Waals surface area contributed by atoms with Gasteiger partial charge in [-0.15, -0.1) is 0 Å². The van der Waals surface area contributed by atoms with Gasteiger partial charge in [0.1, 0.15) is 11.2 Å². The molecule has 0 atom stereocenters. The summed E-state index contributed by atoms with van der Waals surface area (Å²) in [4.78, 5) is 2.38. The normalized spacial score (nSPS) is 11.6. The minimum absolute atomic E-state index is 0.885. The van der Waals surface area contributed by atoms with Crippen molar-refractivity contribution in [3.8, 4) is 11.1 Å². The van der Waals surface area contributed by atoms with Gasteiger partial charge in [0.15, 0.2) is 0 Å². The molecule has 0 aliphatic carbocycles. The van der Waals surface area contributed by atoms with Crippen LogP contribution in [0, 0.1) is 0 Å². The van der Waals surface area contributed by atoms with Crippen molar-refractivity contribution in [2.24, 2.45) is 0 Å². The van der Waals surface area contributed by atoms with Crippen LogP contribution >= 0.6 is 0 Å². The van der Waals surface area contributed by atoms with E-state index in [1.807, 2.05) is 6.07 Å². The summed E-state index contributed by atoms with van der Waals surface area (Å²) >= 11 is 0. The minimum atomic E-state index is 0.885. The summed E-state index contributed by atoms with van der Waals surface area (Å²) in [5, 5.41) is 9.63. The lowest BCUT2D eigenvalue weighted by molar-refractivity contribution is 0.669. The van der Waals surface area contributed by atoms with Crippen molar-refractivity contribution in [3.05, 3.63) is 164 Å². The van der Waals surface area contributed by atoms with Crippen LogP contribution in [0.2, 0.25) is 0 Å². The monoisotopic (exact) mass is 561 g/mol. The SMILES string of the molecule is c1ccc(-c2cccc(N(c3ccc4c(ccc5ccccc54)c3)c3cc4oc5ccccc5c4c4ccccc34)c2)cc1. The molecule has 9 aromatic rings. The lowest BCUT2D eigenvalue weighted by atomic mass is 9.98. The fraction of sp³-hybridized carbons (Fsp3) is 0. The van der Waals surface area contributed by atoms with Crippen LogP contribution in [0.1, 0.15) is 0 Å². The van der Waals surface area contributed by atoms with Crippen LogP contribution in [0.25, 0.3) is 65.4 Å². The Hall–Kier alpha value is -5.86. The molecular formula is C42H27NO. The van der Waals surface area contributed by atoms with Crippen LogP contribution in [0.4, 0.5) is 17.1 Å². The number of para-hydroxylation sites is 1. The Morgan fingerprint density at radius 2 is 1.02 bits per heavy atom. The van der Waals surface area contributed by atoms with Gasteiger partial charge in [-0.3, -0.25) is 0 Å². The molecule has 0 spiro atoms. The van der Waals surface area contributed by atoms with E-state index in [0.717, 1.165) is 39.0 Å². The van der Waals surface area contributed by atoms with Crippen molar-refractivity contribution < 1.29 is 4.42 Å². The molecule has 0 saturated carbocycles. The van der Waals surface area contributed by atoms with E-state index >= 15 is 0 Å². The van der Waals surface area contributed by atoms with Crippen molar-refractivity contribution in [1.82, 2.24) is 0 Å². The zero-order valence-corrected chi connectivity index (χ0v) is 23.9. The van der Waals surface area contributed by atoms with Crippen molar-refractivity contribution in [1.29, 1.82) is 0 Å². The van der Waals surface area contributed by atoms with E-state index in [2.05, 4.69) is 163 Å². The number of rotatable bonds is 4. The van der Waals surface area contributed by atoms with Gasteiger partial charge in [0.25, 0.3) is 0 Å². The molecule has 0 aliphatic rings. The van der Waals surface area contributed by atoms with Gasteiger partial charge in [0, 0.05) is 33.6 Å². The Morgan fingerprint density at radius 3 is 1.91 bits per heavy atom. The van der Waals surface area contributed by atoms with Crippen molar-refractivity contribution in [2.45, 2.75) is 0 Å². The molecule has 9 rings (SSSR count). The smallest absolute Gasteiger partial charge is 0.138 e. The summed E-state index contributed by atoms with van der Waals surface area (Å²) in [5.41, 5.74) is 7.42. The molecule has 0 radical (unpaired) electrons. The number of hydrogen-bond acceptors (Lipinski definition) is 2. The first-order chi connectivity index (χ1) is 21.8. The highest BCUT2D eigenvalue weighted by atomic mass is 16.3. The third kappa shape index (κ3) is 3.89. The van der Waals surface area contributed by atoms with E-state index in [1.165, 1.54) is 43.4 Å². The van der Waals surface area contributed by atoms with Gasteiger partial charge in [-0.1, -0.05) is 127 Å². The molecule has 0 N–H and O–H groups in total. The molecule has 1 aromatic heterocycles. The first-order valence-electron chi connectivity index (χ1n) is 15.0. The molecule has 0 aliphatic heterocycles. The number of nitrogens with zero attached hydrogens (tertiary/aromatic N) is 1. The molecule has 2 nitrogen and oxygen atoms in total. The Labute approximate surface area is 255 Å². The van der Waals surface area contributed by atoms with E-state index in [-0.39, 0.29) is 0 Å². The predicted octanol–water partition coefficient (Wildman–Crippen LogP) is 12.2. The zero-order chi connectivity index (χ0) is 29.0. The van der Waals surface area contributed by atoms with Crippen LogP contribution in [0.15, 0.2) is 168 Å². The van der Waals surface area contributed by atoms with Crippen LogP contribution in [0.5, 0.6) is 0 Å². The highest BCUT2D eigenvalue weighted by Crippen LogP contribution is 2.45. The average Bonchev–Trinajstić information content (AvgIpc) is 3.47. The molecule has 44 heavy (non-hydrogen) atoms. The lowest BCUT2D eigenvalue weighted by Crippen LogP contribution is -2.10. The topological polar surface area (TPSA) is 16.4 Å². The van der Waals surface area contributed by atoms with E-state index in [4.69, 9.17) is 4.42 Å². The molecule has 0 bridgehead atoms. The van der Waals surface area contributed by atoms with Gasteiger partial charge in [-0.25, -0.2) is 0 Å². The van der Waals surface area contributed by atoms with Gasteiger partial charge < -0.3 is 9.32 Å². The van der Waals surface area contributed by atoms with Gasteiger partial charge in [0.05, 0.1) is 5.69 Å². The minimum Gasteiger partial charge on any atom is -0.456 e. The van der Waals surface area contributed by atoms with Crippen molar-refractivity contribution >= 4 is 71.3 Å². The van der Waals surface area contributed by atoms with E-state index in [0.29, 0.717) is 0 Å². The third-order valence-electron chi connectivity index (χ3n) is 8.80. The van der Waals surface area contributed by atoms with Crippen LogP contribution in [0.3, 0.4) is 0 Å².